The summed E-state index contributed by atoms with van der Waals surface area (Å²) in [4.78, 5) is 4.54. The molecule has 1 aromatic rings. The van der Waals surface area contributed by atoms with Crippen LogP contribution >= 0.6 is 0 Å². The van der Waals surface area contributed by atoms with Crippen molar-refractivity contribution in [2.45, 2.75) is 45.1 Å². The fraction of sp³-hybridized carbons (Fsp3) is 0.824. The molecule has 3 heteroatoms. The molecule has 3 aliphatic rings. The molecule has 0 spiro atoms. The second kappa shape index (κ2) is 4.87. The number of hydrogen-bond acceptors (Lipinski definition) is 2. The zero-order chi connectivity index (χ0) is 13.7. The van der Waals surface area contributed by atoms with E-state index in [1.807, 2.05) is 6.20 Å². The van der Waals surface area contributed by atoms with E-state index in [1.54, 1.807) is 6.42 Å². The van der Waals surface area contributed by atoms with E-state index in [2.05, 4.69) is 35.0 Å². The Hall–Kier alpha value is -0.830. The number of aromatic nitrogens is 2. The lowest BCUT2D eigenvalue weighted by Gasteiger charge is -2.21. The van der Waals surface area contributed by atoms with E-state index in [1.165, 1.54) is 25.1 Å². The summed E-state index contributed by atoms with van der Waals surface area (Å²) < 4.78 is 2.19. The molecular weight excluding hydrogens is 246 g/mol. The monoisotopic (exact) mass is 273 g/mol. The van der Waals surface area contributed by atoms with Gasteiger partial charge in [-0.1, -0.05) is 6.92 Å². The molecule has 1 aromatic heterocycles. The predicted octanol–water partition coefficient (Wildman–Crippen LogP) is 2.62. The molecular formula is C17H27N3. The fourth-order valence-electron chi connectivity index (χ4n) is 5.39. The minimum absolute atomic E-state index is 0.662. The van der Waals surface area contributed by atoms with Crippen LogP contribution in [0.4, 0.5) is 0 Å². The summed E-state index contributed by atoms with van der Waals surface area (Å²) in [6.45, 7) is 3.42. The number of aryl methyl sites for hydroxylation is 1. The highest BCUT2D eigenvalue weighted by Gasteiger charge is 2.66. The van der Waals surface area contributed by atoms with Crippen molar-refractivity contribution in [1.29, 1.82) is 0 Å². The van der Waals surface area contributed by atoms with Gasteiger partial charge < -0.3 is 9.88 Å². The molecule has 2 bridgehead atoms. The van der Waals surface area contributed by atoms with E-state index in [4.69, 9.17) is 0 Å². The van der Waals surface area contributed by atoms with Crippen LogP contribution in [0.1, 0.15) is 38.4 Å². The number of imidazole rings is 1. The molecule has 0 aliphatic heterocycles. The molecule has 5 unspecified atom stereocenters. The van der Waals surface area contributed by atoms with Gasteiger partial charge in [-0.15, -0.1) is 0 Å². The largest absolute Gasteiger partial charge is 0.338 e. The van der Waals surface area contributed by atoms with Crippen molar-refractivity contribution in [3.05, 3.63) is 18.2 Å². The van der Waals surface area contributed by atoms with E-state index in [-0.39, 0.29) is 0 Å². The molecule has 3 aliphatic carbocycles. The first-order chi connectivity index (χ1) is 9.79. The van der Waals surface area contributed by atoms with Gasteiger partial charge in [0.2, 0.25) is 0 Å². The van der Waals surface area contributed by atoms with Crippen LogP contribution in [-0.4, -0.2) is 22.1 Å². The summed E-state index contributed by atoms with van der Waals surface area (Å²) in [6, 6.07) is 0.662. The topological polar surface area (TPSA) is 29.9 Å². The highest BCUT2D eigenvalue weighted by atomic mass is 15.0. The number of rotatable bonds is 6. The summed E-state index contributed by atoms with van der Waals surface area (Å²) in [6.07, 6.45) is 10.9. The van der Waals surface area contributed by atoms with E-state index in [9.17, 15) is 0 Å². The van der Waals surface area contributed by atoms with Crippen molar-refractivity contribution < 1.29 is 0 Å². The molecule has 0 saturated heterocycles. The number of fused-ring (bicyclic) bond motifs is 5. The highest BCUT2D eigenvalue weighted by molar-refractivity contribution is 5.17. The molecule has 110 valence electrons. The Bertz CT molecular complexity index is 464. The second-order valence-corrected chi connectivity index (χ2v) is 7.28. The number of nitrogens with zero attached hydrogens (tertiary/aromatic N) is 2. The molecule has 0 aromatic carbocycles. The minimum Gasteiger partial charge on any atom is -0.338 e. The SMILES string of the molecule is CCCNC(Cc1nccn1C)C1C2C3CCC(C3)C21. The molecule has 20 heavy (non-hydrogen) atoms. The minimum atomic E-state index is 0.662. The van der Waals surface area contributed by atoms with Gasteiger partial charge in [-0.2, -0.15) is 0 Å². The fourth-order valence-corrected chi connectivity index (χ4v) is 5.39. The first kappa shape index (κ1) is 12.9. The van der Waals surface area contributed by atoms with Gasteiger partial charge in [0.15, 0.2) is 0 Å². The third-order valence-electron chi connectivity index (χ3n) is 6.24. The lowest BCUT2D eigenvalue weighted by Crippen LogP contribution is -2.36. The van der Waals surface area contributed by atoms with Crippen molar-refractivity contribution in [2.24, 2.45) is 36.6 Å². The van der Waals surface area contributed by atoms with Crippen LogP contribution in [0.5, 0.6) is 0 Å². The average molecular weight is 273 g/mol. The van der Waals surface area contributed by atoms with Crippen molar-refractivity contribution in [3.8, 4) is 0 Å². The van der Waals surface area contributed by atoms with E-state index < -0.39 is 0 Å². The van der Waals surface area contributed by atoms with E-state index >= 15 is 0 Å². The Morgan fingerprint density at radius 1 is 1.35 bits per heavy atom. The van der Waals surface area contributed by atoms with Gasteiger partial charge in [0, 0.05) is 31.9 Å². The Balaban J connectivity index is 1.48. The van der Waals surface area contributed by atoms with Crippen molar-refractivity contribution in [1.82, 2.24) is 14.9 Å². The summed E-state index contributed by atoms with van der Waals surface area (Å²) in [7, 11) is 2.12. The third-order valence-corrected chi connectivity index (χ3v) is 6.24. The smallest absolute Gasteiger partial charge is 0.109 e. The van der Waals surface area contributed by atoms with Crippen molar-refractivity contribution in [3.63, 3.8) is 0 Å². The first-order valence-electron chi connectivity index (χ1n) is 8.49. The Morgan fingerprint density at radius 2 is 2.10 bits per heavy atom. The lowest BCUT2D eigenvalue weighted by atomic mass is 9.95. The molecule has 3 fully saturated rings. The summed E-state index contributed by atoms with van der Waals surface area (Å²) in [5.74, 6) is 6.46. The van der Waals surface area contributed by atoms with Crippen LogP contribution in [0.25, 0.3) is 0 Å². The van der Waals surface area contributed by atoms with Crippen LogP contribution in [-0.2, 0) is 13.5 Å². The van der Waals surface area contributed by atoms with Gasteiger partial charge in [-0.05, 0) is 61.8 Å². The molecule has 3 nitrogen and oxygen atoms in total. The first-order valence-corrected chi connectivity index (χ1v) is 8.49. The third kappa shape index (κ3) is 1.93. The van der Waals surface area contributed by atoms with Crippen LogP contribution in [0.15, 0.2) is 12.4 Å². The van der Waals surface area contributed by atoms with E-state index in [0.29, 0.717) is 6.04 Å². The van der Waals surface area contributed by atoms with Gasteiger partial charge >= 0.3 is 0 Å². The average Bonchev–Trinajstić information content (AvgIpc) is 2.79. The van der Waals surface area contributed by atoms with Crippen molar-refractivity contribution in [2.75, 3.05) is 6.54 Å². The van der Waals surface area contributed by atoms with Crippen LogP contribution < -0.4 is 5.32 Å². The summed E-state index contributed by atoms with van der Waals surface area (Å²) >= 11 is 0. The van der Waals surface area contributed by atoms with Gasteiger partial charge in [-0.25, -0.2) is 4.98 Å². The normalized spacial score (nSPS) is 39.0. The standard InChI is InChI=1S/C17H27N3/c1-3-6-18-13(10-14-19-7-8-20(14)2)17-15-11-4-5-12(9-11)16(15)17/h7-8,11-13,15-18H,3-6,9-10H2,1-2H3. The van der Waals surface area contributed by atoms with Gasteiger partial charge in [0.1, 0.15) is 5.82 Å². The maximum Gasteiger partial charge on any atom is 0.109 e. The molecule has 4 rings (SSSR count). The zero-order valence-electron chi connectivity index (χ0n) is 12.8. The summed E-state index contributed by atoms with van der Waals surface area (Å²) in [5, 5.41) is 3.84. The molecule has 5 atom stereocenters. The molecule has 1 N–H and O–H groups in total. The maximum atomic E-state index is 4.54. The second-order valence-electron chi connectivity index (χ2n) is 7.28. The quantitative estimate of drug-likeness (QED) is 0.863. The highest BCUT2D eigenvalue weighted by Crippen LogP contribution is 2.70. The van der Waals surface area contributed by atoms with Crippen LogP contribution in [0, 0.1) is 29.6 Å². The predicted molar refractivity (Wildman–Crippen MR) is 80.3 cm³/mol. The van der Waals surface area contributed by atoms with Gasteiger partial charge in [-0.3, -0.25) is 0 Å². The number of nitrogens with one attached hydrogen (secondary N) is 1. The Labute approximate surface area is 122 Å². The van der Waals surface area contributed by atoms with Gasteiger partial charge in [0.25, 0.3) is 0 Å². The number of hydrogen-bond donors (Lipinski definition) is 1. The Kier molecular flexibility index (Phi) is 3.13. The Morgan fingerprint density at radius 3 is 2.70 bits per heavy atom. The van der Waals surface area contributed by atoms with Crippen molar-refractivity contribution >= 4 is 0 Å². The maximum absolute atomic E-state index is 4.54. The molecule has 0 radical (unpaired) electrons. The molecule has 3 saturated carbocycles. The van der Waals surface area contributed by atoms with Gasteiger partial charge in [0.05, 0.1) is 0 Å². The zero-order valence-corrected chi connectivity index (χ0v) is 12.8. The molecule has 0 amide bonds. The van der Waals surface area contributed by atoms with Crippen LogP contribution in [0.3, 0.4) is 0 Å². The molecule has 1 heterocycles. The lowest BCUT2D eigenvalue weighted by molar-refractivity contribution is 0.356. The van der Waals surface area contributed by atoms with E-state index in [0.717, 1.165) is 42.6 Å². The summed E-state index contributed by atoms with van der Waals surface area (Å²) in [5.41, 5.74) is 0. The van der Waals surface area contributed by atoms with Crippen LogP contribution in [0.2, 0.25) is 0 Å².